The largest absolute Gasteiger partial charge is 0.393 e. The van der Waals surface area contributed by atoms with Gasteiger partial charge in [-0.05, 0) is 61.8 Å². The average Bonchev–Trinajstić information content (AvgIpc) is 2.82. The van der Waals surface area contributed by atoms with Crippen LogP contribution in [0.15, 0.2) is 16.6 Å². The molecule has 0 bridgehead atoms. The Morgan fingerprint density at radius 3 is 2.63 bits per heavy atom. The zero-order valence-electron chi connectivity index (χ0n) is 10.8. The molecule has 3 rings (SSSR count). The van der Waals surface area contributed by atoms with Crippen molar-refractivity contribution in [3.05, 3.63) is 33.5 Å². The van der Waals surface area contributed by atoms with Crippen LogP contribution in [0.1, 0.15) is 49.3 Å². The third-order valence-corrected chi connectivity index (χ3v) is 5.10. The maximum absolute atomic E-state index is 13.8. The first-order valence-corrected chi connectivity index (χ1v) is 7.85. The second kappa shape index (κ2) is 5.51. The van der Waals surface area contributed by atoms with E-state index in [1.165, 1.54) is 0 Å². The molecule has 0 amide bonds. The first-order chi connectivity index (χ1) is 9.15. The van der Waals surface area contributed by atoms with Crippen molar-refractivity contribution >= 4 is 15.9 Å². The van der Waals surface area contributed by atoms with Crippen LogP contribution < -0.4 is 5.32 Å². The lowest BCUT2D eigenvalue weighted by Crippen LogP contribution is -2.36. The van der Waals surface area contributed by atoms with Gasteiger partial charge < -0.3 is 10.4 Å². The normalized spacial score (nSPS) is 30.4. The van der Waals surface area contributed by atoms with E-state index in [9.17, 15) is 9.50 Å². The molecular weight excluding hydrogens is 309 g/mol. The highest BCUT2D eigenvalue weighted by Gasteiger charge is 2.30. The predicted molar refractivity (Wildman–Crippen MR) is 76.6 cm³/mol. The minimum absolute atomic E-state index is 0.0819. The van der Waals surface area contributed by atoms with E-state index >= 15 is 0 Å². The summed E-state index contributed by atoms with van der Waals surface area (Å²) in [5.74, 6) is -0.0819. The maximum Gasteiger partial charge on any atom is 0.126 e. The number of halogens is 2. The standard InChI is InChI=1S/C15H19BrFNO/c16-12-6-7-13(17)11-5-8-14(15(11)12)18-9-1-3-10(19)4-2-9/h6-7,9-10,14,18-19H,1-5,8H2. The molecule has 1 aromatic rings. The van der Waals surface area contributed by atoms with Crippen molar-refractivity contribution in [3.63, 3.8) is 0 Å². The van der Waals surface area contributed by atoms with Crippen molar-refractivity contribution in [1.82, 2.24) is 5.32 Å². The van der Waals surface area contributed by atoms with Gasteiger partial charge in [0.05, 0.1) is 6.10 Å². The van der Waals surface area contributed by atoms with Gasteiger partial charge in [-0.15, -0.1) is 0 Å². The topological polar surface area (TPSA) is 32.3 Å². The summed E-state index contributed by atoms with van der Waals surface area (Å²) in [6, 6.07) is 4.05. The zero-order valence-corrected chi connectivity index (χ0v) is 12.4. The van der Waals surface area contributed by atoms with E-state index in [-0.39, 0.29) is 18.0 Å². The number of hydrogen-bond acceptors (Lipinski definition) is 2. The monoisotopic (exact) mass is 327 g/mol. The van der Waals surface area contributed by atoms with Crippen molar-refractivity contribution in [2.24, 2.45) is 0 Å². The number of aliphatic hydroxyl groups excluding tert-OH is 1. The molecule has 0 radical (unpaired) electrons. The van der Waals surface area contributed by atoms with Gasteiger partial charge in [0.2, 0.25) is 0 Å². The van der Waals surface area contributed by atoms with Gasteiger partial charge in [0, 0.05) is 16.6 Å². The van der Waals surface area contributed by atoms with Crippen molar-refractivity contribution < 1.29 is 9.50 Å². The quantitative estimate of drug-likeness (QED) is 0.871. The highest BCUT2D eigenvalue weighted by atomic mass is 79.9. The van der Waals surface area contributed by atoms with Crippen molar-refractivity contribution in [2.75, 3.05) is 0 Å². The minimum Gasteiger partial charge on any atom is -0.393 e. The lowest BCUT2D eigenvalue weighted by Gasteiger charge is -2.29. The van der Waals surface area contributed by atoms with E-state index in [1.807, 2.05) is 0 Å². The molecule has 0 aliphatic heterocycles. The molecule has 1 atom stereocenters. The van der Waals surface area contributed by atoms with Crippen LogP contribution in [-0.2, 0) is 6.42 Å². The third kappa shape index (κ3) is 2.71. The van der Waals surface area contributed by atoms with E-state index in [2.05, 4.69) is 21.2 Å². The van der Waals surface area contributed by atoms with E-state index in [0.29, 0.717) is 6.04 Å². The van der Waals surface area contributed by atoms with Gasteiger partial charge in [-0.2, -0.15) is 0 Å². The van der Waals surface area contributed by atoms with Crippen LogP contribution in [0.25, 0.3) is 0 Å². The molecule has 1 saturated carbocycles. The van der Waals surface area contributed by atoms with Gasteiger partial charge in [0.15, 0.2) is 0 Å². The maximum atomic E-state index is 13.8. The molecule has 2 N–H and O–H groups in total. The Labute approximate surface area is 121 Å². The Hall–Kier alpha value is -0.450. The van der Waals surface area contributed by atoms with Crippen LogP contribution in [0.4, 0.5) is 4.39 Å². The number of hydrogen-bond donors (Lipinski definition) is 2. The molecule has 1 fully saturated rings. The van der Waals surface area contributed by atoms with Gasteiger partial charge >= 0.3 is 0 Å². The third-order valence-electron chi connectivity index (χ3n) is 4.41. The van der Waals surface area contributed by atoms with Crippen LogP contribution >= 0.6 is 15.9 Å². The molecule has 0 saturated heterocycles. The summed E-state index contributed by atoms with van der Waals surface area (Å²) in [7, 11) is 0. The molecule has 2 aliphatic rings. The van der Waals surface area contributed by atoms with Crippen LogP contribution in [0.2, 0.25) is 0 Å². The van der Waals surface area contributed by atoms with Crippen LogP contribution in [-0.4, -0.2) is 17.3 Å². The van der Waals surface area contributed by atoms with Gasteiger partial charge in [0.25, 0.3) is 0 Å². The van der Waals surface area contributed by atoms with Gasteiger partial charge in [-0.1, -0.05) is 15.9 Å². The van der Waals surface area contributed by atoms with Crippen molar-refractivity contribution in [3.8, 4) is 0 Å². The SMILES string of the molecule is OC1CCC(NC2CCc3c(F)ccc(Br)c32)CC1. The fourth-order valence-corrected chi connectivity index (χ4v) is 4.01. The lowest BCUT2D eigenvalue weighted by molar-refractivity contribution is 0.114. The lowest BCUT2D eigenvalue weighted by atomic mass is 9.92. The minimum atomic E-state index is -0.127. The molecule has 2 nitrogen and oxygen atoms in total. The fourth-order valence-electron chi connectivity index (χ4n) is 3.37. The number of rotatable bonds is 2. The fraction of sp³-hybridized carbons (Fsp3) is 0.600. The predicted octanol–water partition coefficient (Wildman–Crippen LogP) is 3.47. The molecule has 19 heavy (non-hydrogen) atoms. The second-order valence-electron chi connectivity index (χ2n) is 5.68. The van der Waals surface area contributed by atoms with Gasteiger partial charge in [-0.3, -0.25) is 0 Å². The number of nitrogens with one attached hydrogen (secondary N) is 1. The number of fused-ring (bicyclic) bond motifs is 1. The Bertz CT molecular complexity index is 471. The summed E-state index contributed by atoms with van der Waals surface area (Å²) in [5.41, 5.74) is 1.97. The van der Waals surface area contributed by atoms with E-state index in [4.69, 9.17) is 0 Å². The van der Waals surface area contributed by atoms with Crippen LogP contribution in [0.3, 0.4) is 0 Å². The highest BCUT2D eigenvalue weighted by Crippen LogP contribution is 2.39. The Morgan fingerprint density at radius 1 is 1.16 bits per heavy atom. The zero-order chi connectivity index (χ0) is 13.4. The summed E-state index contributed by atoms with van der Waals surface area (Å²) in [4.78, 5) is 0. The van der Waals surface area contributed by atoms with E-state index in [1.54, 1.807) is 12.1 Å². The van der Waals surface area contributed by atoms with Crippen LogP contribution in [0.5, 0.6) is 0 Å². The summed E-state index contributed by atoms with van der Waals surface area (Å²) < 4.78 is 14.8. The molecule has 104 valence electrons. The van der Waals surface area contributed by atoms with E-state index in [0.717, 1.165) is 54.1 Å². The van der Waals surface area contributed by atoms with Crippen LogP contribution in [0, 0.1) is 5.82 Å². The molecule has 1 unspecified atom stereocenters. The van der Waals surface area contributed by atoms with E-state index < -0.39 is 0 Å². The molecule has 0 spiro atoms. The van der Waals surface area contributed by atoms with Crippen molar-refractivity contribution in [2.45, 2.75) is 56.7 Å². The second-order valence-corrected chi connectivity index (χ2v) is 6.54. The molecule has 1 aromatic carbocycles. The molecule has 0 heterocycles. The Morgan fingerprint density at radius 2 is 1.89 bits per heavy atom. The average molecular weight is 328 g/mol. The molecule has 2 aliphatic carbocycles. The highest BCUT2D eigenvalue weighted by molar-refractivity contribution is 9.10. The smallest absolute Gasteiger partial charge is 0.126 e. The summed E-state index contributed by atoms with van der Waals surface area (Å²) in [6.45, 7) is 0. The first kappa shape index (κ1) is 13.5. The van der Waals surface area contributed by atoms with Gasteiger partial charge in [0.1, 0.15) is 5.82 Å². The molecule has 0 aromatic heterocycles. The first-order valence-electron chi connectivity index (χ1n) is 7.06. The van der Waals surface area contributed by atoms with Gasteiger partial charge in [-0.25, -0.2) is 4.39 Å². The summed E-state index contributed by atoms with van der Waals surface area (Å²) in [5, 5.41) is 13.2. The number of aliphatic hydroxyl groups is 1. The Balaban J connectivity index is 1.74. The molecule has 4 heteroatoms. The summed E-state index contributed by atoms with van der Waals surface area (Å²) in [6.07, 6.45) is 5.43. The van der Waals surface area contributed by atoms with Crippen molar-refractivity contribution in [1.29, 1.82) is 0 Å². The Kier molecular flexibility index (Phi) is 3.92. The molecular formula is C15H19BrFNO. The number of benzene rings is 1. The summed E-state index contributed by atoms with van der Waals surface area (Å²) >= 11 is 3.55.